The summed E-state index contributed by atoms with van der Waals surface area (Å²) in [6, 6.07) is 0.203. The average molecular weight is 519 g/mol. The molecule has 0 spiro atoms. The van der Waals surface area contributed by atoms with Gasteiger partial charge in [-0.2, -0.15) is 5.10 Å². The van der Waals surface area contributed by atoms with E-state index >= 15 is 0 Å². The lowest BCUT2D eigenvalue weighted by Gasteiger charge is -2.26. The molecule has 2 unspecified atom stereocenters. The molecule has 1 amide bonds. The number of halogens is 1. The molecule has 2 N–H and O–H groups in total. The highest BCUT2D eigenvalue weighted by molar-refractivity contribution is 14.0. The summed E-state index contributed by atoms with van der Waals surface area (Å²) >= 11 is 0. The standard InChI is InChI=1S/C19H33N7O2.HI/c1-13(2)18-23-16-6-5-15(11-26(16)24-18)22-19(21-10-17(27)25(3)4)20-9-14-7-8-28-12-14;/h13-15H,5-12H2,1-4H3,(H2,20,21,22);1H. The number of ether oxygens (including phenoxy) is 1. The molecule has 3 heterocycles. The number of carbonyl (C=O) groups is 1. The summed E-state index contributed by atoms with van der Waals surface area (Å²) in [6.07, 6.45) is 2.91. The maximum atomic E-state index is 12.0. The summed E-state index contributed by atoms with van der Waals surface area (Å²) in [5.74, 6) is 3.43. The first-order valence-corrected chi connectivity index (χ1v) is 10.2. The summed E-state index contributed by atoms with van der Waals surface area (Å²) in [5.41, 5.74) is 0. The zero-order chi connectivity index (χ0) is 20.1. The van der Waals surface area contributed by atoms with Crippen molar-refractivity contribution in [3.63, 3.8) is 0 Å². The third-order valence-corrected chi connectivity index (χ3v) is 5.19. The number of nitrogens with one attached hydrogen (secondary N) is 2. The molecule has 9 nitrogen and oxygen atoms in total. The molecule has 29 heavy (non-hydrogen) atoms. The van der Waals surface area contributed by atoms with E-state index in [1.54, 1.807) is 19.0 Å². The highest BCUT2D eigenvalue weighted by atomic mass is 127. The Morgan fingerprint density at radius 1 is 1.38 bits per heavy atom. The number of hydrogen-bond donors (Lipinski definition) is 2. The normalized spacial score (nSPS) is 21.5. The van der Waals surface area contributed by atoms with Crippen molar-refractivity contribution in [3.05, 3.63) is 11.6 Å². The fourth-order valence-electron chi connectivity index (χ4n) is 3.31. The van der Waals surface area contributed by atoms with Crippen molar-refractivity contribution in [1.29, 1.82) is 0 Å². The van der Waals surface area contributed by atoms with E-state index in [-0.39, 0.29) is 42.5 Å². The third kappa shape index (κ3) is 6.80. The fraction of sp³-hybridized carbons (Fsp3) is 0.789. The molecule has 0 saturated carbocycles. The van der Waals surface area contributed by atoms with Crippen LogP contribution in [0, 0.1) is 5.92 Å². The molecule has 2 aliphatic rings. The zero-order valence-corrected chi connectivity index (χ0v) is 20.2. The number of likely N-dealkylation sites (N-methyl/N-ethyl adjacent to an activating group) is 1. The van der Waals surface area contributed by atoms with Gasteiger partial charge in [0.2, 0.25) is 5.91 Å². The molecule has 0 aliphatic carbocycles. The van der Waals surface area contributed by atoms with E-state index in [4.69, 9.17) is 4.74 Å². The molecule has 0 aromatic carbocycles. The second-order valence-electron chi connectivity index (χ2n) is 8.17. The Morgan fingerprint density at radius 3 is 2.83 bits per heavy atom. The van der Waals surface area contributed by atoms with Gasteiger partial charge in [0.05, 0.1) is 13.2 Å². The third-order valence-electron chi connectivity index (χ3n) is 5.19. The van der Waals surface area contributed by atoms with Crippen LogP contribution in [0.5, 0.6) is 0 Å². The maximum absolute atomic E-state index is 12.0. The SMILES string of the molecule is CC(C)c1nc2n(n1)CC(NC(=NCC(=O)N(C)C)NCC1CCOC1)CC2.I. The van der Waals surface area contributed by atoms with Crippen LogP contribution < -0.4 is 10.6 Å². The summed E-state index contributed by atoms with van der Waals surface area (Å²) in [5, 5.41) is 11.5. The minimum Gasteiger partial charge on any atom is -0.381 e. The number of aryl methyl sites for hydroxylation is 1. The van der Waals surface area contributed by atoms with Gasteiger partial charge in [-0.3, -0.25) is 4.79 Å². The van der Waals surface area contributed by atoms with Gasteiger partial charge < -0.3 is 20.3 Å². The number of aliphatic imine (C=N–C) groups is 1. The largest absolute Gasteiger partial charge is 0.381 e. The number of nitrogens with zero attached hydrogens (tertiary/aromatic N) is 5. The van der Waals surface area contributed by atoms with Crippen LogP contribution in [0.3, 0.4) is 0 Å². The molecule has 0 bridgehead atoms. The minimum absolute atomic E-state index is 0. The Bertz CT molecular complexity index is 699. The molecule has 10 heteroatoms. The van der Waals surface area contributed by atoms with Crippen molar-refractivity contribution in [2.75, 3.05) is 40.4 Å². The molecule has 1 fully saturated rings. The molecule has 2 aliphatic heterocycles. The Kier molecular flexibility index (Phi) is 9.12. The van der Waals surface area contributed by atoms with Crippen LogP contribution >= 0.6 is 24.0 Å². The Hall–Kier alpha value is -1.43. The van der Waals surface area contributed by atoms with Crippen LogP contribution in [-0.4, -0.2) is 78.0 Å². The maximum Gasteiger partial charge on any atom is 0.243 e. The summed E-state index contributed by atoms with van der Waals surface area (Å²) in [4.78, 5) is 22.7. The van der Waals surface area contributed by atoms with Crippen LogP contribution in [0.15, 0.2) is 4.99 Å². The second kappa shape index (κ2) is 11.1. The van der Waals surface area contributed by atoms with Crippen LogP contribution in [0.4, 0.5) is 0 Å². The van der Waals surface area contributed by atoms with E-state index in [1.807, 2.05) is 4.68 Å². The van der Waals surface area contributed by atoms with Crippen molar-refractivity contribution < 1.29 is 9.53 Å². The van der Waals surface area contributed by atoms with Gasteiger partial charge in [-0.25, -0.2) is 14.7 Å². The van der Waals surface area contributed by atoms with Crippen molar-refractivity contribution in [2.45, 2.75) is 51.6 Å². The van der Waals surface area contributed by atoms with Crippen LogP contribution in [0.1, 0.15) is 44.3 Å². The molecule has 1 saturated heterocycles. The van der Waals surface area contributed by atoms with Gasteiger partial charge in [-0.15, -0.1) is 24.0 Å². The molecule has 1 aromatic heterocycles. The van der Waals surface area contributed by atoms with Crippen molar-refractivity contribution in [2.24, 2.45) is 10.9 Å². The lowest BCUT2D eigenvalue weighted by atomic mass is 10.1. The van der Waals surface area contributed by atoms with E-state index in [2.05, 4.69) is 39.6 Å². The monoisotopic (exact) mass is 519 g/mol. The van der Waals surface area contributed by atoms with Crippen LogP contribution in [0.2, 0.25) is 0 Å². The quantitative estimate of drug-likeness (QED) is 0.331. The molecular weight excluding hydrogens is 485 g/mol. The Morgan fingerprint density at radius 2 is 2.17 bits per heavy atom. The number of amides is 1. The number of hydrogen-bond acceptors (Lipinski definition) is 5. The fourth-order valence-corrected chi connectivity index (χ4v) is 3.31. The first kappa shape index (κ1) is 23.8. The molecule has 1 aromatic rings. The Balaban J connectivity index is 0.00000300. The smallest absolute Gasteiger partial charge is 0.243 e. The van der Waals surface area contributed by atoms with Crippen molar-refractivity contribution >= 4 is 35.8 Å². The first-order valence-electron chi connectivity index (χ1n) is 10.2. The van der Waals surface area contributed by atoms with E-state index < -0.39 is 0 Å². The van der Waals surface area contributed by atoms with Crippen LogP contribution in [0.25, 0.3) is 0 Å². The average Bonchev–Trinajstić information content (AvgIpc) is 3.32. The number of rotatable bonds is 6. The predicted molar refractivity (Wildman–Crippen MR) is 123 cm³/mol. The van der Waals surface area contributed by atoms with Crippen molar-refractivity contribution in [1.82, 2.24) is 30.3 Å². The predicted octanol–water partition coefficient (Wildman–Crippen LogP) is 0.994. The summed E-state index contributed by atoms with van der Waals surface area (Å²) < 4.78 is 7.45. The summed E-state index contributed by atoms with van der Waals surface area (Å²) in [7, 11) is 3.49. The zero-order valence-electron chi connectivity index (χ0n) is 17.8. The van der Waals surface area contributed by atoms with E-state index in [1.165, 1.54) is 0 Å². The van der Waals surface area contributed by atoms with E-state index in [0.29, 0.717) is 17.8 Å². The molecule has 3 rings (SSSR count). The van der Waals surface area contributed by atoms with Crippen LogP contribution in [-0.2, 0) is 22.5 Å². The van der Waals surface area contributed by atoms with E-state index in [9.17, 15) is 4.79 Å². The van der Waals surface area contributed by atoms with Gasteiger partial charge in [0.25, 0.3) is 0 Å². The van der Waals surface area contributed by atoms with Gasteiger partial charge in [0, 0.05) is 51.5 Å². The molecular formula is C19H34IN7O2. The number of carbonyl (C=O) groups excluding carboxylic acids is 1. The Labute approximate surface area is 190 Å². The summed E-state index contributed by atoms with van der Waals surface area (Å²) in [6.45, 7) is 7.50. The lowest BCUT2D eigenvalue weighted by Crippen LogP contribution is -2.48. The van der Waals surface area contributed by atoms with Gasteiger partial charge >= 0.3 is 0 Å². The van der Waals surface area contributed by atoms with E-state index in [0.717, 1.165) is 57.2 Å². The highest BCUT2D eigenvalue weighted by Gasteiger charge is 2.24. The lowest BCUT2D eigenvalue weighted by molar-refractivity contribution is -0.127. The van der Waals surface area contributed by atoms with Gasteiger partial charge in [-0.05, 0) is 12.8 Å². The number of guanidine groups is 1. The number of fused-ring (bicyclic) bond motifs is 1. The topological polar surface area (TPSA) is 96.7 Å². The molecule has 2 atom stereocenters. The molecule has 164 valence electrons. The minimum atomic E-state index is -0.0194. The van der Waals surface area contributed by atoms with Crippen molar-refractivity contribution in [3.8, 4) is 0 Å². The second-order valence-corrected chi connectivity index (χ2v) is 8.17. The number of aromatic nitrogens is 3. The van der Waals surface area contributed by atoms with Gasteiger partial charge in [0.15, 0.2) is 11.8 Å². The van der Waals surface area contributed by atoms with Gasteiger partial charge in [0.1, 0.15) is 12.4 Å². The first-order chi connectivity index (χ1) is 13.4. The molecule has 0 radical (unpaired) electrons. The van der Waals surface area contributed by atoms with Gasteiger partial charge in [-0.1, -0.05) is 13.8 Å². The highest BCUT2D eigenvalue weighted by Crippen LogP contribution is 2.17.